The normalized spacial score (nSPS) is 16.8. The van der Waals surface area contributed by atoms with E-state index < -0.39 is 15.9 Å². The van der Waals surface area contributed by atoms with Crippen molar-refractivity contribution in [1.29, 1.82) is 0 Å². The Morgan fingerprint density at radius 2 is 1.92 bits per heavy atom. The Morgan fingerprint density at radius 1 is 1.16 bits per heavy atom. The number of sulfonamides is 1. The highest BCUT2D eigenvalue weighted by atomic mass is 35.5. The summed E-state index contributed by atoms with van der Waals surface area (Å²) in [4.78, 5) is 20.6. The fourth-order valence-electron chi connectivity index (χ4n) is 4.71. The summed E-state index contributed by atoms with van der Waals surface area (Å²) in [6.07, 6.45) is 1.22. The average molecular weight is 558 g/mol. The lowest BCUT2D eigenvalue weighted by molar-refractivity contribution is -0.123. The monoisotopic (exact) mass is 557 g/mol. The van der Waals surface area contributed by atoms with Gasteiger partial charge in [-0.1, -0.05) is 35.1 Å². The summed E-state index contributed by atoms with van der Waals surface area (Å²) < 4.78 is 30.9. The summed E-state index contributed by atoms with van der Waals surface area (Å²) >= 11 is 7.42. The molecule has 2 aromatic carbocycles. The zero-order valence-electron chi connectivity index (χ0n) is 20.7. The molecule has 1 aliphatic rings. The lowest BCUT2D eigenvalue weighted by atomic mass is 9.98. The van der Waals surface area contributed by atoms with E-state index in [1.165, 1.54) is 27.8 Å². The first-order valence-corrected chi connectivity index (χ1v) is 14.8. The number of nitrogens with zero attached hydrogens (tertiary/aromatic N) is 5. The van der Waals surface area contributed by atoms with Crippen LogP contribution >= 0.6 is 22.9 Å². The van der Waals surface area contributed by atoms with E-state index in [9.17, 15) is 13.2 Å². The zero-order chi connectivity index (χ0) is 26.2. The van der Waals surface area contributed by atoms with Crippen LogP contribution in [0.5, 0.6) is 0 Å². The van der Waals surface area contributed by atoms with Crippen LogP contribution in [0.4, 0.5) is 5.13 Å². The molecule has 2 aromatic heterocycles. The summed E-state index contributed by atoms with van der Waals surface area (Å²) in [5.41, 5.74) is 2.78. The third-order valence-electron chi connectivity index (χ3n) is 6.60. The van der Waals surface area contributed by atoms with Gasteiger partial charge in [-0.15, -0.1) is 0 Å². The van der Waals surface area contributed by atoms with Crippen LogP contribution in [0.2, 0.25) is 5.02 Å². The van der Waals surface area contributed by atoms with Crippen LogP contribution in [-0.4, -0.2) is 53.0 Å². The van der Waals surface area contributed by atoms with Crippen LogP contribution in [-0.2, 0) is 21.4 Å². The summed E-state index contributed by atoms with van der Waals surface area (Å²) in [5, 5.41) is 5.63. The predicted molar refractivity (Wildman–Crippen MR) is 147 cm³/mol. The van der Waals surface area contributed by atoms with Gasteiger partial charge in [0, 0.05) is 30.4 Å². The lowest BCUT2D eigenvalue weighted by Crippen LogP contribution is -2.47. The number of para-hydroxylation sites is 1. The molecule has 1 fully saturated rings. The van der Waals surface area contributed by atoms with Crippen LogP contribution in [0, 0.1) is 19.8 Å². The summed E-state index contributed by atoms with van der Waals surface area (Å²) in [7, 11) is -3.74. The predicted octanol–water partition coefficient (Wildman–Crippen LogP) is 4.90. The molecule has 1 atom stereocenters. The van der Waals surface area contributed by atoms with Gasteiger partial charge in [0.25, 0.3) is 0 Å². The molecule has 8 nitrogen and oxygen atoms in total. The van der Waals surface area contributed by atoms with E-state index in [0.29, 0.717) is 42.6 Å². The number of halogens is 1. The van der Waals surface area contributed by atoms with Crippen LogP contribution in [0.1, 0.15) is 24.2 Å². The number of thiazole rings is 1. The minimum Gasteiger partial charge on any atom is -0.286 e. The van der Waals surface area contributed by atoms with Gasteiger partial charge in [0.2, 0.25) is 15.9 Å². The molecule has 1 amide bonds. The highest BCUT2D eigenvalue weighted by molar-refractivity contribution is 7.89. The van der Waals surface area contributed by atoms with Crippen molar-refractivity contribution in [3.8, 4) is 0 Å². The van der Waals surface area contributed by atoms with Crippen molar-refractivity contribution >= 4 is 54.2 Å². The van der Waals surface area contributed by atoms with Gasteiger partial charge < -0.3 is 0 Å². The van der Waals surface area contributed by atoms with Gasteiger partial charge in [0.05, 0.1) is 33.3 Å². The van der Waals surface area contributed by atoms with E-state index in [-0.39, 0.29) is 17.3 Å². The number of hydrogen-bond acceptors (Lipinski definition) is 6. The first-order chi connectivity index (χ1) is 17.7. The number of aryl methyl sites for hydroxylation is 2. The Bertz CT molecular complexity index is 1500. The molecule has 0 aliphatic carbocycles. The molecule has 37 heavy (non-hydrogen) atoms. The fourth-order valence-corrected chi connectivity index (χ4v) is 7.36. The Labute approximate surface area is 225 Å². The molecule has 4 aromatic rings. The summed E-state index contributed by atoms with van der Waals surface area (Å²) in [5.74, 6) is -0.583. The summed E-state index contributed by atoms with van der Waals surface area (Å²) in [6, 6.07) is 15.9. The Balaban J connectivity index is 1.41. The highest BCUT2D eigenvalue weighted by Crippen LogP contribution is 2.32. The van der Waals surface area contributed by atoms with Gasteiger partial charge in [-0.25, -0.2) is 13.4 Å². The number of anilines is 1. The number of aromatic nitrogens is 3. The zero-order valence-corrected chi connectivity index (χ0v) is 23.1. The Hall–Kier alpha value is -2.79. The van der Waals surface area contributed by atoms with E-state index in [1.54, 1.807) is 17.0 Å². The first-order valence-electron chi connectivity index (χ1n) is 12.2. The topological polar surface area (TPSA) is 88.4 Å². The molecule has 0 spiro atoms. The Kier molecular flexibility index (Phi) is 7.35. The second kappa shape index (κ2) is 10.5. The van der Waals surface area contributed by atoms with Crippen LogP contribution < -0.4 is 4.90 Å². The molecule has 1 unspecified atom stereocenters. The number of carbonyl (C=O) groups excluding carboxylic acids is 1. The van der Waals surface area contributed by atoms with E-state index in [4.69, 9.17) is 16.6 Å². The van der Waals surface area contributed by atoms with E-state index >= 15 is 0 Å². The van der Waals surface area contributed by atoms with Crippen molar-refractivity contribution in [2.24, 2.45) is 5.92 Å². The van der Waals surface area contributed by atoms with Crippen molar-refractivity contribution in [1.82, 2.24) is 19.1 Å². The minimum absolute atomic E-state index is 0.114. The molecule has 0 bridgehead atoms. The van der Waals surface area contributed by atoms with Gasteiger partial charge in [0.15, 0.2) is 5.13 Å². The third kappa shape index (κ3) is 5.43. The number of carbonyl (C=O) groups is 1. The molecule has 5 rings (SSSR count). The van der Waals surface area contributed by atoms with E-state index in [2.05, 4.69) is 5.10 Å². The van der Waals surface area contributed by atoms with Crippen LogP contribution in [0.15, 0.2) is 59.5 Å². The molecule has 194 valence electrons. The third-order valence-corrected chi connectivity index (χ3v) is 9.79. The molecular formula is C26H28ClN5O3S2. The molecule has 1 aliphatic heterocycles. The van der Waals surface area contributed by atoms with Crippen molar-refractivity contribution in [3.05, 3.63) is 71.0 Å². The van der Waals surface area contributed by atoms with Crippen LogP contribution in [0.3, 0.4) is 0 Å². The van der Waals surface area contributed by atoms with Gasteiger partial charge in [-0.2, -0.15) is 9.40 Å². The highest BCUT2D eigenvalue weighted by Gasteiger charge is 2.36. The largest absolute Gasteiger partial charge is 0.286 e. The van der Waals surface area contributed by atoms with Crippen molar-refractivity contribution < 1.29 is 13.2 Å². The van der Waals surface area contributed by atoms with Crippen molar-refractivity contribution in [3.63, 3.8) is 0 Å². The fraction of sp³-hybridized carbons (Fsp3) is 0.346. The van der Waals surface area contributed by atoms with Crippen molar-refractivity contribution in [2.75, 3.05) is 24.5 Å². The second-order valence-corrected chi connectivity index (χ2v) is 12.6. The number of fused-ring (bicyclic) bond motifs is 1. The maximum Gasteiger partial charge on any atom is 0.243 e. The maximum absolute atomic E-state index is 14.0. The quantitative estimate of drug-likeness (QED) is 0.322. The SMILES string of the molecule is Cc1cc(C)n(CCN(C(=O)C2CCCN(S(=O)(=O)c3ccc(Cl)cc3)C2)c2nc3ccccc3s2)n1. The molecule has 0 radical (unpaired) electrons. The van der Waals surface area contributed by atoms with Gasteiger partial charge in [-0.05, 0) is 69.2 Å². The van der Waals surface area contributed by atoms with Gasteiger partial charge in [0.1, 0.15) is 0 Å². The summed E-state index contributed by atoms with van der Waals surface area (Å²) in [6.45, 7) is 5.34. The number of hydrogen-bond donors (Lipinski definition) is 0. The smallest absolute Gasteiger partial charge is 0.243 e. The number of amides is 1. The molecule has 3 heterocycles. The van der Waals surface area contributed by atoms with E-state index in [0.717, 1.165) is 21.6 Å². The standard InChI is InChI=1S/C26H28ClN5O3S2/c1-18-16-19(2)32(29-18)15-14-31(26-28-23-7-3-4-8-24(23)36-26)25(33)20-6-5-13-30(17-20)37(34,35)22-11-9-21(27)10-12-22/h3-4,7-12,16,20H,5-6,13-15,17H2,1-2H3. The van der Waals surface area contributed by atoms with Gasteiger partial charge in [-0.3, -0.25) is 14.4 Å². The first kappa shape index (κ1) is 25.8. The average Bonchev–Trinajstić information content (AvgIpc) is 3.46. The number of piperidine rings is 1. The number of benzene rings is 2. The van der Waals surface area contributed by atoms with E-state index in [1.807, 2.05) is 48.9 Å². The maximum atomic E-state index is 14.0. The molecule has 1 saturated heterocycles. The number of rotatable bonds is 7. The lowest BCUT2D eigenvalue weighted by Gasteiger charge is -2.33. The minimum atomic E-state index is -3.74. The molecule has 0 N–H and O–H groups in total. The molecule has 11 heteroatoms. The van der Waals surface area contributed by atoms with Gasteiger partial charge >= 0.3 is 0 Å². The Morgan fingerprint density at radius 3 is 2.62 bits per heavy atom. The second-order valence-electron chi connectivity index (χ2n) is 9.26. The van der Waals surface area contributed by atoms with Crippen LogP contribution in [0.25, 0.3) is 10.2 Å². The molecular weight excluding hydrogens is 530 g/mol. The molecule has 0 saturated carbocycles. The van der Waals surface area contributed by atoms with Crippen molar-refractivity contribution in [2.45, 2.75) is 38.1 Å².